The molecule has 1 aliphatic rings. The molecule has 0 aromatic heterocycles. The number of halogens is 9. The van der Waals surface area contributed by atoms with E-state index >= 15 is 0 Å². The van der Waals surface area contributed by atoms with Crippen LogP contribution in [0, 0.1) is 6.92 Å². The molecule has 156 valence electrons. The van der Waals surface area contributed by atoms with Crippen LogP contribution in [0.25, 0.3) is 0 Å². The van der Waals surface area contributed by atoms with E-state index in [9.17, 15) is 35.5 Å². The number of benzene rings is 2. The van der Waals surface area contributed by atoms with Gasteiger partial charge in [-0.15, -0.1) is 0 Å². The second-order valence-electron chi connectivity index (χ2n) is 6.37. The summed E-state index contributed by atoms with van der Waals surface area (Å²) in [5, 5.41) is 0.171. The Morgan fingerprint density at radius 1 is 0.966 bits per heavy atom. The molecule has 0 saturated heterocycles. The fourth-order valence-electron chi connectivity index (χ4n) is 3.19. The van der Waals surface area contributed by atoms with E-state index in [1.54, 1.807) is 0 Å². The van der Waals surface area contributed by atoms with Gasteiger partial charge in [-0.1, -0.05) is 41.4 Å². The highest BCUT2D eigenvalue weighted by Gasteiger charge is 2.73. The molecule has 0 fully saturated rings. The van der Waals surface area contributed by atoms with Gasteiger partial charge < -0.3 is 0 Å². The van der Waals surface area contributed by atoms with Gasteiger partial charge in [0.2, 0.25) is 0 Å². The molecule has 1 aliphatic heterocycles. The Morgan fingerprint density at radius 3 is 2.03 bits per heavy atom. The van der Waals surface area contributed by atoms with Crippen LogP contribution in [0.3, 0.4) is 0 Å². The number of carbonyl (C=O) groups excluding carboxylic acids is 1. The first-order valence-corrected chi connectivity index (χ1v) is 8.72. The standard InChI is InChI=1S/C18H10Cl2F7NO/c1-8-7-9(16(21,17(22,23)24)18(25,26)27)5-6-12(8)28-14(20)13-10(15(28)29)3-2-4-11(13)19/h2-7,14H,1H3. The van der Waals surface area contributed by atoms with E-state index in [1.165, 1.54) is 18.2 Å². The summed E-state index contributed by atoms with van der Waals surface area (Å²) in [7, 11) is 0. The third-order valence-electron chi connectivity index (χ3n) is 4.60. The van der Waals surface area contributed by atoms with Gasteiger partial charge in [-0.05, 0) is 30.7 Å². The summed E-state index contributed by atoms with van der Waals surface area (Å²) in [5.41, 5.74) is -8.23. The Labute approximate surface area is 169 Å². The van der Waals surface area contributed by atoms with Gasteiger partial charge in [-0.3, -0.25) is 9.69 Å². The average molecular weight is 460 g/mol. The van der Waals surface area contributed by atoms with Crippen molar-refractivity contribution in [2.24, 2.45) is 0 Å². The zero-order valence-electron chi connectivity index (χ0n) is 14.3. The van der Waals surface area contributed by atoms with E-state index in [4.69, 9.17) is 23.2 Å². The first kappa shape index (κ1) is 21.7. The summed E-state index contributed by atoms with van der Waals surface area (Å²) >= 11 is 12.3. The van der Waals surface area contributed by atoms with Gasteiger partial charge in [-0.2, -0.15) is 26.3 Å². The largest absolute Gasteiger partial charge is 0.435 e. The molecule has 29 heavy (non-hydrogen) atoms. The second kappa shape index (κ2) is 6.77. The van der Waals surface area contributed by atoms with Crippen LogP contribution in [0.1, 0.15) is 32.5 Å². The number of hydrogen-bond donors (Lipinski definition) is 0. The first-order chi connectivity index (χ1) is 13.2. The highest BCUT2D eigenvalue weighted by atomic mass is 35.5. The highest BCUT2D eigenvalue weighted by Crippen LogP contribution is 2.54. The summed E-state index contributed by atoms with van der Waals surface area (Å²) in [4.78, 5) is 13.6. The van der Waals surface area contributed by atoms with Crippen LogP contribution in [0.2, 0.25) is 5.02 Å². The molecule has 0 saturated carbocycles. The van der Waals surface area contributed by atoms with Crippen LogP contribution in [-0.4, -0.2) is 18.3 Å². The van der Waals surface area contributed by atoms with Crippen molar-refractivity contribution < 1.29 is 35.5 Å². The minimum Gasteiger partial charge on any atom is -0.287 e. The number of hydrogen-bond acceptors (Lipinski definition) is 1. The van der Waals surface area contributed by atoms with Crippen molar-refractivity contribution in [3.8, 4) is 0 Å². The maximum Gasteiger partial charge on any atom is 0.435 e. The quantitative estimate of drug-likeness (QED) is 0.273. The number of nitrogens with zero attached hydrogens (tertiary/aromatic N) is 1. The molecule has 0 aliphatic carbocycles. The fourth-order valence-corrected chi connectivity index (χ4v) is 3.95. The smallest absolute Gasteiger partial charge is 0.287 e. The Balaban J connectivity index is 2.10. The van der Waals surface area contributed by atoms with Gasteiger partial charge in [0, 0.05) is 27.4 Å². The van der Waals surface area contributed by atoms with Crippen molar-refractivity contribution in [1.29, 1.82) is 0 Å². The van der Waals surface area contributed by atoms with Crippen molar-refractivity contribution in [3.05, 3.63) is 63.7 Å². The molecular weight excluding hydrogens is 450 g/mol. The summed E-state index contributed by atoms with van der Waals surface area (Å²) < 4.78 is 92.1. The summed E-state index contributed by atoms with van der Waals surface area (Å²) in [6, 6.07) is 5.94. The van der Waals surface area contributed by atoms with E-state index in [0.29, 0.717) is 12.1 Å². The molecule has 0 spiro atoms. The Kier molecular flexibility index (Phi) is 5.06. The van der Waals surface area contributed by atoms with Gasteiger partial charge in [0.15, 0.2) is 0 Å². The van der Waals surface area contributed by atoms with Gasteiger partial charge in [0.25, 0.3) is 5.91 Å². The number of aryl methyl sites for hydroxylation is 1. The second-order valence-corrected chi connectivity index (χ2v) is 7.19. The summed E-state index contributed by atoms with van der Waals surface area (Å²) in [6.07, 6.45) is -12.5. The average Bonchev–Trinajstić information content (AvgIpc) is 2.84. The molecule has 0 radical (unpaired) electrons. The number of anilines is 1. The van der Waals surface area contributed by atoms with Crippen LogP contribution in [0.5, 0.6) is 0 Å². The molecule has 3 rings (SSSR count). The lowest BCUT2D eigenvalue weighted by atomic mass is 9.92. The molecule has 0 N–H and O–H groups in total. The molecule has 1 atom stereocenters. The number of carbonyl (C=O) groups is 1. The summed E-state index contributed by atoms with van der Waals surface area (Å²) in [5.74, 6) is -0.642. The fraction of sp³-hybridized carbons (Fsp3) is 0.278. The Hall–Kier alpha value is -2.00. The monoisotopic (exact) mass is 459 g/mol. The minimum atomic E-state index is -6.23. The third kappa shape index (κ3) is 3.15. The molecule has 2 aromatic carbocycles. The van der Waals surface area contributed by atoms with Gasteiger partial charge in [0.1, 0.15) is 5.50 Å². The van der Waals surface area contributed by atoms with E-state index < -0.39 is 35.0 Å². The van der Waals surface area contributed by atoms with Crippen molar-refractivity contribution in [1.82, 2.24) is 0 Å². The molecule has 2 nitrogen and oxygen atoms in total. The van der Waals surface area contributed by atoms with Crippen molar-refractivity contribution >= 4 is 34.8 Å². The number of alkyl halides is 8. The lowest BCUT2D eigenvalue weighted by Crippen LogP contribution is -2.50. The van der Waals surface area contributed by atoms with E-state index in [-0.39, 0.29) is 27.4 Å². The molecule has 1 amide bonds. The minimum absolute atomic E-state index is 0.0716. The highest BCUT2D eigenvalue weighted by molar-refractivity contribution is 6.36. The maximum absolute atomic E-state index is 14.3. The maximum atomic E-state index is 14.3. The van der Waals surface area contributed by atoms with Crippen LogP contribution in [-0.2, 0) is 5.67 Å². The predicted octanol–water partition coefficient (Wildman–Crippen LogP) is 6.84. The SMILES string of the molecule is Cc1cc(C(F)(C(F)(F)F)C(F)(F)F)ccc1N1C(=O)c2cccc(Cl)c2C1Cl. The molecule has 1 heterocycles. The van der Waals surface area contributed by atoms with Crippen molar-refractivity contribution in [2.45, 2.75) is 30.4 Å². The van der Waals surface area contributed by atoms with Crippen LogP contribution >= 0.6 is 23.2 Å². The zero-order valence-corrected chi connectivity index (χ0v) is 15.8. The Morgan fingerprint density at radius 2 is 1.55 bits per heavy atom. The predicted molar refractivity (Wildman–Crippen MR) is 92.9 cm³/mol. The third-order valence-corrected chi connectivity index (χ3v) is 5.35. The van der Waals surface area contributed by atoms with Gasteiger partial charge in [-0.25, -0.2) is 4.39 Å². The lowest BCUT2D eigenvalue weighted by Gasteiger charge is -2.31. The number of amides is 1. The van der Waals surface area contributed by atoms with Crippen LogP contribution in [0.15, 0.2) is 36.4 Å². The van der Waals surface area contributed by atoms with Gasteiger partial charge >= 0.3 is 18.0 Å². The number of rotatable bonds is 2. The normalized spacial score (nSPS) is 17.7. The van der Waals surface area contributed by atoms with Crippen LogP contribution in [0.4, 0.5) is 36.4 Å². The zero-order chi connectivity index (χ0) is 21.9. The van der Waals surface area contributed by atoms with Gasteiger partial charge in [0.05, 0.1) is 0 Å². The Bertz CT molecular complexity index is 973. The van der Waals surface area contributed by atoms with E-state index in [0.717, 1.165) is 17.9 Å². The first-order valence-electron chi connectivity index (χ1n) is 7.91. The lowest BCUT2D eigenvalue weighted by molar-refractivity contribution is -0.348. The molecule has 1 unspecified atom stereocenters. The van der Waals surface area contributed by atoms with Crippen molar-refractivity contribution in [3.63, 3.8) is 0 Å². The van der Waals surface area contributed by atoms with E-state index in [2.05, 4.69) is 0 Å². The van der Waals surface area contributed by atoms with Crippen LogP contribution < -0.4 is 4.90 Å². The molecule has 11 heteroatoms. The van der Waals surface area contributed by atoms with Crippen molar-refractivity contribution in [2.75, 3.05) is 4.90 Å². The molecule has 2 aromatic rings. The van der Waals surface area contributed by atoms with E-state index in [1.807, 2.05) is 0 Å². The molecule has 0 bridgehead atoms. The number of fused-ring (bicyclic) bond motifs is 1. The topological polar surface area (TPSA) is 20.3 Å². The summed E-state index contributed by atoms with van der Waals surface area (Å²) in [6.45, 7) is 1.15. The molecular formula is C18H10Cl2F7NO.